The molecule has 0 aliphatic heterocycles. The number of aromatic nitrogens is 2. The summed E-state index contributed by atoms with van der Waals surface area (Å²) in [5.41, 5.74) is 1.22. The van der Waals surface area contributed by atoms with Gasteiger partial charge in [0.05, 0.1) is 18.7 Å². The van der Waals surface area contributed by atoms with Gasteiger partial charge in [-0.1, -0.05) is 31.5 Å². The summed E-state index contributed by atoms with van der Waals surface area (Å²) in [7, 11) is 1.34. The Labute approximate surface area is 157 Å². The maximum Gasteiger partial charge on any atom is 0.328 e. The molecule has 0 radical (unpaired) electrons. The van der Waals surface area contributed by atoms with Gasteiger partial charge in [0.1, 0.15) is 17.0 Å². The molecule has 0 fully saturated rings. The van der Waals surface area contributed by atoms with Crippen molar-refractivity contribution >= 4 is 35.0 Å². The van der Waals surface area contributed by atoms with E-state index in [9.17, 15) is 4.79 Å². The second-order valence-corrected chi connectivity index (χ2v) is 6.45. The molecule has 0 amide bonds. The third-order valence-electron chi connectivity index (χ3n) is 3.46. The second kappa shape index (κ2) is 9.02. The number of methoxy groups -OCH3 is 1. The average Bonchev–Trinajstić information content (AvgIpc) is 2.59. The van der Waals surface area contributed by atoms with Crippen LogP contribution in [0.25, 0.3) is 0 Å². The summed E-state index contributed by atoms with van der Waals surface area (Å²) in [6.45, 7) is 4.01. The zero-order chi connectivity index (χ0) is 19.1. The van der Waals surface area contributed by atoms with Crippen LogP contribution in [0.15, 0.2) is 30.3 Å². The van der Waals surface area contributed by atoms with E-state index >= 15 is 0 Å². The van der Waals surface area contributed by atoms with Crippen molar-refractivity contribution in [3.8, 4) is 6.07 Å². The summed E-state index contributed by atoms with van der Waals surface area (Å²) in [5.74, 6) is 0.541. The molecule has 0 aliphatic rings. The Morgan fingerprint density at radius 1 is 1.35 bits per heavy atom. The quantitative estimate of drug-likeness (QED) is 0.563. The highest BCUT2D eigenvalue weighted by atomic mass is 35.5. The minimum Gasteiger partial charge on any atom is -0.467 e. The van der Waals surface area contributed by atoms with Gasteiger partial charge in [-0.25, -0.2) is 9.78 Å². The van der Waals surface area contributed by atoms with Crippen LogP contribution in [-0.4, -0.2) is 29.1 Å². The van der Waals surface area contributed by atoms with E-state index in [1.54, 1.807) is 30.3 Å². The summed E-state index contributed by atoms with van der Waals surface area (Å²) in [5, 5.41) is 15.3. The number of hydrogen-bond donors (Lipinski definition) is 2. The van der Waals surface area contributed by atoms with Gasteiger partial charge in [0, 0.05) is 11.8 Å². The van der Waals surface area contributed by atoms with Crippen LogP contribution in [-0.2, 0) is 9.53 Å². The normalized spacial score (nSPS) is 11.5. The summed E-state index contributed by atoms with van der Waals surface area (Å²) in [4.78, 5) is 20.4. The number of nitrogens with zero attached hydrogens (tertiary/aromatic N) is 3. The van der Waals surface area contributed by atoms with Gasteiger partial charge in [-0.05, 0) is 30.5 Å². The fraction of sp³-hybridized carbons (Fsp3) is 0.333. The highest BCUT2D eigenvalue weighted by Crippen LogP contribution is 2.21. The lowest BCUT2D eigenvalue weighted by atomic mass is 10.0. The average molecular weight is 374 g/mol. The Morgan fingerprint density at radius 2 is 2.12 bits per heavy atom. The van der Waals surface area contributed by atoms with E-state index in [-0.39, 0.29) is 17.0 Å². The molecular formula is C18H20ClN5O2. The molecule has 26 heavy (non-hydrogen) atoms. The van der Waals surface area contributed by atoms with Crippen molar-refractivity contribution in [3.05, 3.63) is 41.0 Å². The number of nitrogens with one attached hydrogen (secondary N) is 2. The summed E-state index contributed by atoms with van der Waals surface area (Å²) >= 11 is 6.08. The molecule has 1 unspecified atom stereocenters. The zero-order valence-electron chi connectivity index (χ0n) is 14.8. The van der Waals surface area contributed by atoms with Crippen LogP contribution >= 0.6 is 11.6 Å². The fourth-order valence-electron chi connectivity index (χ4n) is 2.34. The Kier molecular flexibility index (Phi) is 6.75. The van der Waals surface area contributed by atoms with Crippen LogP contribution < -0.4 is 10.6 Å². The number of halogens is 1. The van der Waals surface area contributed by atoms with Crippen LogP contribution in [0, 0.1) is 17.2 Å². The zero-order valence-corrected chi connectivity index (χ0v) is 15.5. The molecule has 0 bridgehead atoms. The van der Waals surface area contributed by atoms with Crippen LogP contribution in [0.5, 0.6) is 0 Å². The van der Waals surface area contributed by atoms with E-state index in [4.69, 9.17) is 21.6 Å². The third-order valence-corrected chi connectivity index (χ3v) is 3.65. The minimum atomic E-state index is -0.576. The number of nitriles is 1. The van der Waals surface area contributed by atoms with Crippen molar-refractivity contribution in [1.82, 2.24) is 9.97 Å². The van der Waals surface area contributed by atoms with Gasteiger partial charge in [0.2, 0.25) is 5.95 Å². The van der Waals surface area contributed by atoms with E-state index in [0.717, 1.165) is 0 Å². The number of carbonyl (C=O) groups excluding carboxylic acids is 1. The molecule has 0 saturated carbocycles. The third kappa shape index (κ3) is 5.60. The molecule has 0 spiro atoms. The van der Waals surface area contributed by atoms with Gasteiger partial charge in [0.25, 0.3) is 0 Å². The van der Waals surface area contributed by atoms with Crippen molar-refractivity contribution in [3.63, 3.8) is 0 Å². The lowest BCUT2D eigenvalue weighted by Gasteiger charge is -2.18. The van der Waals surface area contributed by atoms with Crippen LogP contribution in [0.2, 0.25) is 5.15 Å². The van der Waals surface area contributed by atoms with Crippen LogP contribution in [0.3, 0.4) is 0 Å². The number of anilines is 3. The molecule has 0 aliphatic carbocycles. The van der Waals surface area contributed by atoms with Gasteiger partial charge >= 0.3 is 5.97 Å². The molecule has 2 N–H and O–H groups in total. The maximum absolute atomic E-state index is 12.0. The molecule has 1 atom stereocenters. The molecule has 8 heteroatoms. The fourth-order valence-corrected chi connectivity index (χ4v) is 2.53. The highest BCUT2D eigenvalue weighted by molar-refractivity contribution is 6.29. The van der Waals surface area contributed by atoms with E-state index in [1.807, 2.05) is 13.8 Å². The number of esters is 1. The lowest BCUT2D eigenvalue weighted by molar-refractivity contribution is -0.141. The van der Waals surface area contributed by atoms with Crippen molar-refractivity contribution in [2.45, 2.75) is 26.3 Å². The molecule has 2 rings (SSSR count). The number of hydrogen-bond acceptors (Lipinski definition) is 7. The smallest absolute Gasteiger partial charge is 0.328 e. The first-order valence-electron chi connectivity index (χ1n) is 8.07. The predicted molar refractivity (Wildman–Crippen MR) is 100 cm³/mol. The second-order valence-electron chi connectivity index (χ2n) is 6.07. The topological polar surface area (TPSA) is 99.9 Å². The van der Waals surface area contributed by atoms with Gasteiger partial charge in [-0.15, -0.1) is 0 Å². The SMILES string of the molecule is COC(=O)C(CC(C)C)Nc1nc(Cl)cc(Nc2cccc(C#N)c2)n1. The molecule has 1 heterocycles. The first-order chi connectivity index (χ1) is 12.4. The molecule has 1 aromatic heterocycles. The Bertz CT molecular complexity index is 819. The molecule has 1 aromatic carbocycles. The van der Waals surface area contributed by atoms with E-state index in [1.165, 1.54) is 7.11 Å². The number of benzene rings is 1. The summed E-state index contributed by atoms with van der Waals surface area (Å²) < 4.78 is 4.83. The maximum atomic E-state index is 12.0. The summed E-state index contributed by atoms with van der Waals surface area (Å²) in [6.07, 6.45) is 0.565. The number of carbonyl (C=O) groups is 1. The Balaban J connectivity index is 2.22. The van der Waals surface area contributed by atoms with Gasteiger partial charge in [0.15, 0.2) is 0 Å². The first kappa shape index (κ1) is 19.5. The Hall–Kier alpha value is -2.85. The van der Waals surface area contributed by atoms with E-state index < -0.39 is 12.0 Å². The van der Waals surface area contributed by atoms with Gasteiger partial charge in [-0.2, -0.15) is 10.2 Å². The number of ether oxygens (including phenoxy) is 1. The van der Waals surface area contributed by atoms with Crippen molar-refractivity contribution in [2.24, 2.45) is 5.92 Å². The van der Waals surface area contributed by atoms with E-state index in [2.05, 4.69) is 26.7 Å². The molecule has 136 valence electrons. The van der Waals surface area contributed by atoms with Crippen LogP contribution in [0.4, 0.5) is 17.5 Å². The van der Waals surface area contributed by atoms with Crippen molar-refractivity contribution < 1.29 is 9.53 Å². The molecule has 2 aromatic rings. The highest BCUT2D eigenvalue weighted by Gasteiger charge is 2.21. The van der Waals surface area contributed by atoms with Gasteiger partial charge in [-0.3, -0.25) is 0 Å². The largest absolute Gasteiger partial charge is 0.467 e. The van der Waals surface area contributed by atoms with Crippen molar-refractivity contribution in [1.29, 1.82) is 5.26 Å². The first-order valence-corrected chi connectivity index (χ1v) is 8.45. The number of rotatable bonds is 7. The van der Waals surface area contributed by atoms with Crippen molar-refractivity contribution in [2.75, 3.05) is 17.7 Å². The Morgan fingerprint density at radius 3 is 2.77 bits per heavy atom. The van der Waals surface area contributed by atoms with E-state index in [0.29, 0.717) is 23.5 Å². The standard InChI is InChI=1S/C18H20ClN5O2/c1-11(2)7-14(17(25)26-3)22-18-23-15(19)9-16(24-18)21-13-6-4-5-12(8-13)10-20/h4-6,8-9,11,14H,7H2,1-3H3,(H2,21,22,23,24). The van der Waals surface area contributed by atoms with Gasteiger partial charge < -0.3 is 15.4 Å². The molecule has 7 nitrogen and oxygen atoms in total. The summed E-state index contributed by atoms with van der Waals surface area (Å²) in [6, 6.07) is 10.0. The predicted octanol–water partition coefficient (Wildman–Crippen LogP) is 3.74. The lowest BCUT2D eigenvalue weighted by Crippen LogP contribution is -2.32. The minimum absolute atomic E-state index is 0.215. The van der Waals surface area contributed by atoms with Crippen LogP contribution in [0.1, 0.15) is 25.8 Å². The monoisotopic (exact) mass is 373 g/mol. The molecule has 0 saturated heterocycles. The molecular weight excluding hydrogens is 354 g/mol.